The van der Waals surface area contributed by atoms with Crippen molar-refractivity contribution in [2.45, 2.75) is 0 Å². The standard InChI is InChI=1S/H2O.4O.Ta.Ti/h1H2;;;;;;/q;4*-2;+5;+4/p-1. The minimum atomic E-state index is 0. The summed E-state index contributed by atoms with van der Waals surface area (Å²) in [6, 6.07) is 0. The number of hydrogen-bond acceptors (Lipinski definition) is 1. The van der Waals surface area contributed by atoms with Crippen molar-refractivity contribution >= 4 is 0 Å². The van der Waals surface area contributed by atoms with Crippen LogP contribution in [0.2, 0.25) is 0 Å². The smallest absolute Gasteiger partial charge is 2.00 e. The molecule has 0 aromatic carbocycles. The van der Waals surface area contributed by atoms with Crippen LogP contribution in [0.3, 0.4) is 0 Å². The molecule has 0 aliphatic heterocycles. The van der Waals surface area contributed by atoms with E-state index in [4.69, 9.17) is 0 Å². The quantitative estimate of drug-likeness (QED) is 0.538. The van der Waals surface area contributed by atoms with Crippen LogP contribution >= 0.6 is 0 Å². The van der Waals surface area contributed by atoms with Gasteiger partial charge in [0.05, 0.1) is 0 Å². The minimum absolute atomic E-state index is 0. The summed E-state index contributed by atoms with van der Waals surface area (Å²) in [5, 5.41) is 0. The first-order valence-corrected chi connectivity index (χ1v) is 0. The minimum Gasteiger partial charge on any atom is -2.00 e. The molecule has 0 saturated heterocycles. The van der Waals surface area contributed by atoms with Gasteiger partial charge in [-0.25, -0.2) is 0 Å². The molecule has 0 radical (unpaired) electrons. The van der Waals surface area contributed by atoms with E-state index >= 15 is 0 Å². The van der Waals surface area contributed by atoms with Gasteiger partial charge in [0.1, 0.15) is 0 Å². The molecular weight excluding hydrogens is 309 g/mol. The van der Waals surface area contributed by atoms with Crippen LogP contribution in [0.5, 0.6) is 0 Å². The summed E-state index contributed by atoms with van der Waals surface area (Å²) < 4.78 is 0. The van der Waals surface area contributed by atoms with Gasteiger partial charge in [0.25, 0.3) is 0 Å². The van der Waals surface area contributed by atoms with Crippen molar-refractivity contribution in [1.29, 1.82) is 0 Å². The van der Waals surface area contributed by atoms with Crippen molar-refractivity contribution in [3.63, 3.8) is 0 Å². The molecule has 40 valence electrons. The maximum Gasteiger partial charge on any atom is 5.00 e. The maximum absolute atomic E-state index is 0. The molecule has 0 atom stereocenters. The molecule has 0 spiro atoms. The second kappa shape index (κ2) is 180. The summed E-state index contributed by atoms with van der Waals surface area (Å²) in [6.45, 7) is 0. The van der Waals surface area contributed by atoms with E-state index in [9.17, 15) is 0 Å². The maximum atomic E-state index is 0. The van der Waals surface area contributed by atoms with Crippen LogP contribution in [-0.4, -0.2) is 5.48 Å². The second-order valence-corrected chi connectivity index (χ2v) is 0. The fourth-order valence-electron chi connectivity index (χ4n) is 0. The molecule has 7 heteroatoms. The molecule has 5 nitrogen and oxygen atoms in total. The van der Waals surface area contributed by atoms with Crippen LogP contribution in [0.15, 0.2) is 0 Å². The summed E-state index contributed by atoms with van der Waals surface area (Å²) >= 11 is 0. The van der Waals surface area contributed by atoms with Crippen molar-refractivity contribution in [2.75, 3.05) is 0 Å². The van der Waals surface area contributed by atoms with Crippen LogP contribution in [0.25, 0.3) is 0 Å². The molecule has 0 amide bonds. The fraction of sp³-hybridized carbons (Fsp3) is 0. The monoisotopic (exact) mass is 310 g/mol. The number of hydrogen-bond donors (Lipinski definition) is 0. The Kier molecular flexibility index (Phi) is 7110. The van der Waals surface area contributed by atoms with Gasteiger partial charge in [-0.05, 0) is 0 Å². The normalized spacial score (nSPS) is 0. The largest absolute Gasteiger partial charge is 5.00 e. The molecule has 0 aliphatic carbocycles. The van der Waals surface area contributed by atoms with E-state index in [1.165, 1.54) is 0 Å². The van der Waals surface area contributed by atoms with Gasteiger partial charge in [-0.3, -0.25) is 0 Å². The van der Waals surface area contributed by atoms with Crippen LogP contribution < -0.4 is 0 Å². The molecule has 0 bridgehead atoms. The molecular formula is HO5TaTi. The van der Waals surface area contributed by atoms with Crippen molar-refractivity contribution < 1.29 is 71.5 Å². The average molecular weight is 310 g/mol. The molecule has 0 aliphatic rings. The molecule has 0 heterocycles. The fourth-order valence-corrected chi connectivity index (χ4v) is 0. The third-order valence-corrected chi connectivity index (χ3v) is 0. The van der Waals surface area contributed by atoms with Gasteiger partial charge in [-0.15, -0.1) is 0 Å². The molecule has 0 unspecified atom stereocenters. The zero-order chi connectivity index (χ0) is 0. The molecule has 0 rings (SSSR count). The Bertz CT molecular complexity index is 8.04. The van der Waals surface area contributed by atoms with Gasteiger partial charge in [0.2, 0.25) is 0 Å². The molecule has 0 aromatic heterocycles. The Morgan fingerprint density at radius 2 is 0.571 bits per heavy atom. The van der Waals surface area contributed by atoms with Crippen molar-refractivity contribution in [3.05, 3.63) is 0 Å². The van der Waals surface area contributed by atoms with Gasteiger partial charge in [-0.2, -0.15) is 0 Å². The SMILES string of the molecule is [O-2].[O-2].[O-2].[O-2].[OH-].[Ta+5].[Ti+4]. The third-order valence-electron chi connectivity index (χ3n) is 0. The summed E-state index contributed by atoms with van der Waals surface area (Å²) in [5.41, 5.74) is 0. The Morgan fingerprint density at radius 3 is 0.571 bits per heavy atom. The van der Waals surface area contributed by atoms with Crippen molar-refractivity contribution in [1.82, 2.24) is 0 Å². The zero-order valence-corrected chi connectivity index (χ0v) is 7.80. The Labute approximate surface area is 71.4 Å². The van der Waals surface area contributed by atoms with Gasteiger partial charge < -0.3 is 27.4 Å². The molecule has 0 fully saturated rings. The van der Waals surface area contributed by atoms with E-state index < -0.39 is 0 Å². The van der Waals surface area contributed by atoms with Gasteiger partial charge in [-0.1, -0.05) is 0 Å². The van der Waals surface area contributed by atoms with Crippen LogP contribution in [0.4, 0.5) is 0 Å². The van der Waals surface area contributed by atoms with Crippen LogP contribution in [-0.2, 0) is 66.0 Å². The Balaban J connectivity index is 0. The summed E-state index contributed by atoms with van der Waals surface area (Å²) in [7, 11) is 0. The topological polar surface area (TPSA) is 144 Å². The average Bonchev–Trinajstić information content (AvgIpc) is 0. The molecule has 7 heavy (non-hydrogen) atoms. The predicted molar refractivity (Wildman–Crippen MR) is 4.68 cm³/mol. The predicted octanol–water partition coefficient (Wildman–Crippen LogP) is -0.657. The Hall–Kier alpha value is 1.25. The molecule has 0 saturated carbocycles. The number of rotatable bonds is 0. The third kappa shape index (κ3) is 127. The van der Waals surface area contributed by atoms with E-state index in [1.54, 1.807) is 0 Å². The van der Waals surface area contributed by atoms with E-state index in [1.807, 2.05) is 0 Å². The van der Waals surface area contributed by atoms with E-state index in [2.05, 4.69) is 0 Å². The first-order valence-electron chi connectivity index (χ1n) is 0. The van der Waals surface area contributed by atoms with Crippen LogP contribution in [0, 0.1) is 0 Å². The molecule has 1 N–H and O–H groups in total. The van der Waals surface area contributed by atoms with Crippen molar-refractivity contribution in [3.8, 4) is 0 Å². The zero-order valence-electron chi connectivity index (χ0n) is 3.03. The summed E-state index contributed by atoms with van der Waals surface area (Å²) in [4.78, 5) is 0. The second-order valence-electron chi connectivity index (χ2n) is 0. The van der Waals surface area contributed by atoms with Gasteiger partial charge in [0, 0.05) is 0 Å². The first-order chi connectivity index (χ1) is 0. The summed E-state index contributed by atoms with van der Waals surface area (Å²) in [5.74, 6) is 0. The molecule has 0 aromatic rings. The van der Waals surface area contributed by atoms with Gasteiger partial charge >= 0.3 is 44.1 Å². The van der Waals surface area contributed by atoms with E-state index in [0.29, 0.717) is 0 Å². The van der Waals surface area contributed by atoms with E-state index in [0.717, 1.165) is 0 Å². The van der Waals surface area contributed by atoms with E-state index in [-0.39, 0.29) is 71.5 Å². The van der Waals surface area contributed by atoms with Crippen LogP contribution in [0.1, 0.15) is 0 Å². The first kappa shape index (κ1) is 276. The van der Waals surface area contributed by atoms with Gasteiger partial charge in [0.15, 0.2) is 0 Å². The Morgan fingerprint density at radius 1 is 0.571 bits per heavy atom. The summed E-state index contributed by atoms with van der Waals surface area (Å²) in [6.07, 6.45) is 0. The van der Waals surface area contributed by atoms with Crippen molar-refractivity contribution in [2.24, 2.45) is 0 Å².